The lowest BCUT2D eigenvalue weighted by Crippen LogP contribution is -2.18. The number of hydrogen-bond donors (Lipinski definition) is 2. The van der Waals surface area contributed by atoms with Crippen molar-refractivity contribution < 1.29 is 9.53 Å². The summed E-state index contributed by atoms with van der Waals surface area (Å²) in [6.45, 7) is 2.62. The summed E-state index contributed by atoms with van der Waals surface area (Å²) in [4.78, 5) is 11.2. The third-order valence-corrected chi connectivity index (χ3v) is 3.34. The molecule has 3 N–H and O–H groups in total. The standard InChI is InChI=1S/C12H15BrN2O2/c13-9-1-2-10(12(14)16)11(5-9)17-7-8-3-4-15-6-8/h1-2,5,8,15H,3-4,6-7H2,(H2,14,16). The van der Waals surface area contributed by atoms with Crippen molar-refractivity contribution in [3.8, 4) is 5.75 Å². The second kappa shape index (κ2) is 5.51. The molecular formula is C12H15BrN2O2. The molecule has 5 heteroatoms. The molecule has 0 aromatic heterocycles. The van der Waals surface area contributed by atoms with Crippen LogP contribution < -0.4 is 15.8 Å². The highest BCUT2D eigenvalue weighted by molar-refractivity contribution is 9.10. The number of primary amides is 1. The highest BCUT2D eigenvalue weighted by Gasteiger charge is 2.17. The van der Waals surface area contributed by atoms with Crippen LogP contribution in [0.15, 0.2) is 22.7 Å². The van der Waals surface area contributed by atoms with Gasteiger partial charge in [0.1, 0.15) is 5.75 Å². The van der Waals surface area contributed by atoms with Gasteiger partial charge in [-0.25, -0.2) is 0 Å². The number of halogens is 1. The molecule has 17 heavy (non-hydrogen) atoms. The fourth-order valence-corrected chi connectivity index (χ4v) is 2.22. The minimum Gasteiger partial charge on any atom is -0.492 e. The number of carbonyl (C=O) groups is 1. The van der Waals surface area contributed by atoms with E-state index < -0.39 is 5.91 Å². The fourth-order valence-electron chi connectivity index (χ4n) is 1.88. The van der Waals surface area contributed by atoms with Crippen LogP contribution in [0.2, 0.25) is 0 Å². The second-order valence-corrected chi connectivity index (χ2v) is 5.09. The molecule has 1 saturated heterocycles. The van der Waals surface area contributed by atoms with Gasteiger partial charge in [-0.1, -0.05) is 15.9 Å². The Morgan fingerprint density at radius 2 is 2.41 bits per heavy atom. The number of ether oxygens (including phenoxy) is 1. The van der Waals surface area contributed by atoms with Crippen molar-refractivity contribution in [2.24, 2.45) is 11.7 Å². The zero-order valence-electron chi connectivity index (χ0n) is 9.41. The van der Waals surface area contributed by atoms with E-state index in [1.54, 1.807) is 18.2 Å². The van der Waals surface area contributed by atoms with E-state index in [-0.39, 0.29) is 0 Å². The van der Waals surface area contributed by atoms with E-state index in [2.05, 4.69) is 21.2 Å². The van der Waals surface area contributed by atoms with Crippen molar-refractivity contribution in [3.05, 3.63) is 28.2 Å². The first-order valence-corrected chi connectivity index (χ1v) is 6.39. The number of benzene rings is 1. The number of amides is 1. The predicted molar refractivity (Wildman–Crippen MR) is 69.1 cm³/mol. The Hall–Kier alpha value is -1.07. The largest absolute Gasteiger partial charge is 0.492 e. The molecule has 1 aliphatic rings. The maximum absolute atomic E-state index is 11.2. The molecule has 4 nitrogen and oxygen atoms in total. The van der Waals surface area contributed by atoms with Gasteiger partial charge < -0.3 is 15.8 Å². The molecule has 1 aromatic rings. The Morgan fingerprint density at radius 3 is 3.06 bits per heavy atom. The molecule has 1 aliphatic heterocycles. The number of hydrogen-bond acceptors (Lipinski definition) is 3. The van der Waals surface area contributed by atoms with E-state index in [1.165, 1.54) is 0 Å². The minimum atomic E-state index is -0.461. The molecule has 0 saturated carbocycles. The molecule has 92 valence electrons. The van der Waals surface area contributed by atoms with E-state index >= 15 is 0 Å². The smallest absolute Gasteiger partial charge is 0.252 e. The average Bonchev–Trinajstić information content (AvgIpc) is 2.78. The highest BCUT2D eigenvalue weighted by atomic mass is 79.9. The lowest BCUT2D eigenvalue weighted by Gasteiger charge is -2.13. The molecule has 1 heterocycles. The zero-order valence-corrected chi connectivity index (χ0v) is 11.0. The van der Waals surface area contributed by atoms with Crippen LogP contribution in [0.3, 0.4) is 0 Å². The van der Waals surface area contributed by atoms with Crippen LogP contribution in [0.5, 0.6) is 5.75 Å². The molecular weight excluding hydrogens is 284 g/mol. The third kappa shape index (κ3) is 3.20. The van der Waals surface area contributed by atoms with E-state index in [0.717, 1.165) is 24.0 Å². The molecule has 0 spiro atoms. The molecule has 0 bridgehead atoms. The number of rotatable bonds is 4. The Kier molecular flexibility index (Phi) is 4.02. The number of nitrogens with two attached hydrogens (primary N) is 1. The molecule has 0 radical (unpaired) electrons. The van der Waals surface area contributed by atoms with Crippen molar-refractivity contribution >= 4 is 21.8 Å². The first kappa shape index (κ1) is 12.4. The number of carbonyl (C=O) groups excluding carboxylic acids is 1. The van der Waals surface area contributed by atoms with Crippen LogP contribution in [0.4, 0.5) is 0 Å². The van der Waals surface area contributed by atoms with E-state index in [9.17, 15) is 4.79 Å². The van der Waals surface area contributed by atoms with E-state index in [4.69, 9.17) is 10.5 Å². The predicted octanol–water partition coefficient (Wildman–Crippen LogP) is 1.54. The summed E-state index contributed by atoms with van der Waals surface area (Å²) in [6, 6.07) is 5.24. The molecule has 1 atom stereocenters. The first-order valence-electron chi connectivity index (χ1n) is 5.59. The molecule has 1 amide bonds. The lowest BCUT2D eigenvalue weighted by molar-refractivity contribution is 0.0995. The van der Waals surface area contributed by atoms with Crippen LogP contribution in [0, 0.1) is 5.92 Å². The van der Waals surface area contributed by atoms with Gasteiger partial charge in [0.05, 0.1) is 12.2 Å². The van der Waals surface area contributed by atoms with Crippen LogP contribution in [0.25, 0.3) is 0 Å². The van der Waals surface area contributed by atoms with Crippen molar-refractivity contribution in [2.75, 3.05) is 19.7 Å². The molecule has 0 aliphatic carbocycles. The number of nitrogens with one attached hydrogen (secondary N) is 1. The maximum atomic E-state index is 11.2. The SMILES string of the molecule is NC(=O)c1ccc(Br)cc1OCC1CCNC1. The summed E-state index contributed by atoms with van der Waals surface area (Å²) in [5.74, 6) is 0.602. The van der Waals surface area contributed by atoms with Crippen LogP contribution in [0.1, 0.15) is 16.8 Å². The second-order valence-electron chi connectivity index (χ2n) is 4.17. The quantitative estimate of drug-likeness (QED) is 0.886. The van der Waals surface area contributed by atoms with Gasteiger partial charge in [-0.2, -0.15) is 0 Å². The van der Waals surface area contributed by atoms with Gasteiger partial charge in [0, 0.05) is 16.9 Å². The normalized spacial score (nSPS) is 19.2. The van der Waals surface area contributed by atoms with Crippen molar-refractivity contribution in [1.82, 2.24) is 5.32 Å². The minimum absolute atomic E-state index is 0.430. The molecule has 1 fully saturated rings. The lowest BCUT2D eigenvalue weighted by atomic mass is 10.1. The van der Waals surface area contributed by atoms with E-state index in [0.29, 0.717) is 23.8 Å². The van der Waals surface area contributed by atoms with Crippen LogP contribution in [-0.4, -0.2) is 25.6 Å². The summed E-state index contributed by atoms with van der Waals surface area (Å²) < 4.78 is 6.57. The van der Waals surface area contributed by atoms with Gasteiger partial charge in [-0.3, -0.25) is 4.79 Å². The average molecular weight is 299 g/mol. The third-order valence-electron chi connectivity index (χ3n) is 2.85. The summed E-state index contributed by atoms with van der Waals surface area (Å²) in [7, 11) is 0. The van der Waals surface area contributed by atoms with Gasteiger partial charge in [-0.15, -0.1) is 0 Å². The highest BCUT2D eigenvalue weighted by Crippen LogP contribution is 2.24. The Bertz CT molecular complexity index is 417. The van der Waals surface area contributed by atoms with E-state index in [1.807, 2.05) is 0 Å². The van der Waals surface area contributed by atoms with Gasteiger partial charge in [0.15, 0.2) is 0 Å². The molecule has 1 aromatic carbocycles. The zero-order chi connectivity index (χ0) is 12.3. The van der Waals surface area contributed by atoms with Crippen LogP contribution in [-0.2, 0) is 0 Å². The Balaban J connectivity index is 2.07. The monoisotopic (exact) mass is 298 g/mol. The summed E-state index contributed by atoms with van der Waals surface area (Å²) in [5.41, 5.74) is 5.73. The summed E-state index contributed by atoms with van der Waals surface area (Å²) in [5, 5.41) is 3.28. The van der Waals surface area contributed by atoms with Crippen molar-refractivity contribution in [1.29, 1.82) is 0 Å². The van der Waals surface area contributed by atoms with Crippen molar-refractivity contribution in [2.45, 2.75) is 6.42 Å². The van der Waals surface area contributed by atoms with Gasteiger partial charge in [-0.05, 0) is 31.2 Å². The molecule has 2 rings (SSSR count). The molecule has 1 unspecified atom stereocenters. The van der Waals surface area contributed by atoms with Gasteiger partial charge >= 0.3 is 0 Å². The van der Waals surface area contributed by atoms with Gasteiger partial charge in [0.2, 0.25) is 0 Å². The van der Waals surface area contributed by atoms with Gasteiger partial charge in [0.25, 0.3) is 5.91 Å². The fraction of sp³-hybridized carbons (Fsp3) is 0.417. The first-order chi connectivity index (χ1) is 8.16. The van der Waals surface area contributed by atoms with Crippen molar-refractivity contribution in [3.63, 3.8) is 0 Å². The Labute approximate surface area is 109 Å². The Morgan fingerprint density at radius 1 is 1.59 bits per heavy atom. The maximum Gasteiger partial charge on any atom is 0.252 e. The summed E-state index contributed by atoms with van der Waals surface area (Å²) >= 11 is 3.35. The topological polar surface area (TPSA) is 64.4 Å². The summed E-state index contributed by atoms with van der Waals surface area (Å²) in [6.07, 6.45) is 1.11. The van der Waals surface area contributed by atoms with Crippen LogP contribution >= 0.6 is 15.9 Å².